The molecule has 0 saturated carbocycles. The standard InChI is InChI=1S/C18H17IN2O2S/c1-23-16-9-8-13(11-14(16)19)17(22)20-18(24)21-10-4-6-12-5-2-3-7-15(12)21/h2-3,5,7-9,11H,4,6,10H2,1H3,(H,20,22,24). The van der Waals surface area contributed by atoms with E-state index >= 15 is 0 Å². The topological polar surface area (TPSA) is 41.6 Å². The number of fused-ring (bicyclic) bond motifs is 1. The number of carbonyl (C=O) groups excluding carboxylic acids is 1. The summed E-state index contributed by atoms with van der Waals surface area (Å²) in [5.41, 5.74) is 2.91. The summed E-state index contributed by atoms with van der Waals surface area (Å²) in [5.74, 6) is 0.545. The van der Waals surface area contributed by atoms with Crippen LogP contribution in [0.25, 0.3) is 0 Å². The van der Waals surface area contributed by atoms with Crippen LogP contribution in [0.5, 0.6) is 5.75 Å². The van der Waals surface area contributed by atoms with Gasteiger partial charge in [-0.15, -0.1) is 0 Å². The summed E-state index contributed by atoms with van der Waals surface area (Å²) in [5, 5.41) is 3.29. The largest absolute Gasteiger partial charge is 0.496 e. The van der Waals surface area contributed by atoms with Gasteiger partial charge in [0, 0.05) is 17.8 Å². The number of benzene rings is 2. The quantitative estimate of drug-likeness (QED) is 0.557. The summed E-state index contributed by atoms with van der Waals surface area (Å²) >= 11 is 7.62. The van der Waals surface area contributed by atoms with Crippen molar-refractivity contribution in [3.05, 3.63) is 57.2 Å². The van der Waals surface area contributed by atoms with Crippen LogP contribution in [0.3, 0.4) is 0 Å². The van der Waals surface area contributed by atoms with Gasteiger partial charge in [-0.05, 0) is 77.5 Å². The predicted octanol–water partition coefficient (Wildman–Crippen LogP) is 3.77. The molecule has 0 fully saturated rings. The van der Waals surface area contributed by atoms with Gasteiger partial charge in [-0.25, -0.2) is 0 Å². The first-order chi connectivity index (χ1) is 11.6. The Balaban J connectivity index is 1.76. The van der Waals surface area contributed by atoms with E-state index in [4.69, 9.17) is 17.0 Å². The van der Waals surface area contributed by atoms with Crippen LogP contribution in [0, 0.1) is 3.57 Å². The molecule has 4 nitrogen and oxygen atoms in total. The molecule has 0 aromatic heterocycles. The fraction of sp³-hybridized carbons (Fsp3) is 0.222. The molecule has 0 spiro atoms. The molecular formula is C18H17IN2O2S. The maximum atomic E-state index is 12.5. The van der Waals surface area contributed by atoms with E-state index in [0.717, 1.165) is 34.4 Å². The number of ether oxygens (including phenoxy) is 1. The van der Waals surface area contributed by atoms with Crippen LogP contribution in [0.1, 0.15) is 22.3 Å². The van der Waals surface area contributed by atoms with Crippen molar-refractivity contribution >= 4 is 51.5 Å². The number of amides is 1. The predicted molar refractivity (Wildman–Crippen MR) is 108 cm³/mol. The van der Waals surface area contributed by atoms with E-state index in [9.17, 15) is 4.79 Å². The van der Waals surface area contributed by atoms with Gasteiger partial charge >= 0.3 is 0 Å². The minimum atomic E-state index is -0.205. The van der Waals surface area contributed by atoms with Gasteiger partial charge in [-0.1, -0.05) is 18.2 Å². The summed E-state index contributed by atoms with van der Waals surface area (Å²) in [4.78, 5) is 14.5. The average Bonchev–Trinajstić information content (AvgIpc) is 2.61. The Morgan fingerprint density at radius 2 is 2.08 bits per heavy atom. The van der Waals surface area contributed by atoms with Crippen molar-refractivity contribution in [2.24, 2.45) is 0 Å². The van der Waals surface area contributed by atoms with E-state index < -0.39 is 0 Å². The molecule has 0 unspecified atom stereocenters. The van der Waals surface area contributed by atoms with Gasteiger partial charge < -0.3 is 9.64 Å². The van der Waals surface area contributed by atoms with Crippen LogP contribution in [0.4, 0.5) is 5.69 Å². The third-order valence-electron chi connectivity index (χ3n) is 3.99. The number of para-hydroxylation sites is 1. The highest BCUT2D eigenvalue weighted by atomic mass is 127. The third kappa shape index (κ3) is 3.54. The van der Waals surface area contributed by atoms with E-state index in [1.807, 2.05) is 23.1 Å². The van der Waals surface area contributed by atoms with Crippen LogP contribution in [0.2, 0.25) is 0 Å². The number of nitrogens with one attached hydrogen (secondary N) is 1. The molecule has 0 aliphatic carbocycles. The maximum Gasteiger partial charge on any atom is 0.257 e. The monoisotopic (exact) mass is 452 g/mol. The fourth-order valence-electron chi connectivity index (χ4n) is 2.79. The number of halogens is 1. The van der Waals surface area contributed by atoms with E-state index in [2.05, 4.69) is 34.0 Å². The molecule has 1 heterocycles. The lowest BCUT2D eigenvalue weighted by Crippen LogP contribution is -2.45. The molecule has 6 heteroatoms. The second kappa shape index (κ2) is 7.48. The van der Waals surface area contributed by atoms with Gasteiger partial charge in [0.05, 0.1) is 10.7 Å². The Hall–Kier alpha value is -1.67. The third-order valence-corrected chi connectivity index (χ3v) is 5.16. The zero-order valence-electron chi connectivity index (χ0n) is 13.2. The van der Waals surface area contributed by atoms with Crippen LogP contribution < -0.4 is 15.0 Å². The maximum absolute atomic E-state index is 12.5. The average molecular weight is 452 g/mol. The van der Waals surface area contributed by atoms with E-state index in [-0.39, 0.29) is 5.91 Å². The summed E-state index contributed by atoms with van der Waals surface area (Å²) in [6, 6.07) is 13.5. The molecular weight excluding hydrogens is 435 g/mol. The minimum Gasteiger partial charge on any atom is -0.496 e. The number of carbonyl (C=O) groups is 1. The van der Waals surface area contributed by atoms with Gasteiger partial charge in [0.15, 0.2) is 5.11 Å². The van der Waals surface area contributed by atoms with Crippen molar-refractivity contribution in [3.8, 4) is 5.75 Å². The Labute approximate surface area is 160 Å². The molecule has 2 aromatic rings. The number of methoxy groups -OCH3 is 1. The van der Waals surface area contributed by atoms with E-state index in [1.165, 1.54) is 5.56 Å². The van der Waals surface area contributed by atoms with Crippen molar-refractivity contribution < 1.29 is 9.53 Å². The Bertz CT molecular complexity index is 794. The highest BCUT2D eigenvalue weighted by Gasteiger charge is 2.21. The highest BCUT2D eigenvalue weighted by molar-refractivity contribution is 14.1. The molecule has 1 aliphatic heterocycles. The molecule has 1 N–H and O–H groups in total. The second-order valence-electron chi connectivity index (χ2n) is 5.49. The smallest absolute Gasteiger partial charge is 0.257 e. The Morgan fingerprint density at radius 3 is 2.83 bits per heavy atom. The van der Waals surface area contributed by atoms with Gasteiger partial charge in [0.1, 0.15) is 5.75 Å². The molecule has 124 valence electrons. The molecule has 3 rings (SSSR count). The number of nitrogens with zero attached hydrogens (tertiary/aromatic N) is 1. The number of hydrogen-bond acceptors (Lipinski definition) is 3. The van der Waals surface area contributed by atoms with Crippen molar-refractivity contribution in [1.82, 2.24) is 5.32 Å². The molecule has 1 aliphatic rings. The number of thiocarbonyl (C=S) groups is 1. The molecule has 0 radical (unpaired) electrons. The van der Waals surface area contributed by atoms with Crippen LogP contribution in [-0.4, -0.2) is 24.7 Å². The van der Waals surface area contributed by atoms with Crippen molar-refractivity contribution in [3.63, 3.8) is 0 Å². The Kier molecular flexibility index (Phi) is 5.35. The summed E-state index contributed by atoms with van der Waals surface area (Å²) < 4.78 is 6.11. The van der Waals surface area contributed by atoms with Crippen molar-refractivity contribution in [2.75, 3.05) is 18.6 Å². The first-order valence-electron chi connectivity index (χ1n) is 7.64. The highest BCUT2D eigenvalue weighted by Crippen LogP contribution is 2.27. The van der Waals surface area contributed by atoms with Crippen molar-refractivity contribution in [2.45, 2.75) is 12.8 Å². The van der Waals surface area contributed by atoms with Crippen LogP contribution in [0.15, 0.2) is 42.5 Å². The zero-order valence-corrected chi connectivity index (χ0v) is 16.2. The molecule has 24 heavy (non-hydrogen) atoms. The molecule has 0 bridgehead atoms. The lowest BCUT2D eigenvalue weighted by Gasteiger charge is -2.31. The van der Waals surface area contributed by atoms with Crippen LogP contribution in [-0.2, 0) is 6.42 Å². The molecule has 2 aromatic carbocycles. The molecule has 0 saturated heterocycles. The van der Waals surface area contributed by atoms with Gasteiger partial charge in [0.2, 0.25) is 0 Å². The summed E-state index contributed by atoms with van der Waals surface area (Å²) in [7, 11) is 1.61. The number of rotatable bonds is 2. The summed E-state index contributed by atoms with van der Waals surface area (Å²) in [6.07, 6.45) is 2.06. The molecule has 1 amide bonds. The van der Waals surface area contributed by atoms with Crippen LogP contribution >= 0.6 is 34.8 Å². The second-order valence-corrected chi connectivity index (χ2v) is 7.04. The summed E-state index contributed by atoms with van der Waals surface area (Å²) in [6.45, 7) is 0.816. The minimum absolute atomic E-state index is 0.205. The van der Waals surface area contributed by atoms with Crippen molar-refractivity contribution in [1.29, 1.82) is 0 Å². The Morgan fingerprint density at radius 1 is 1.29 bits per heavy atom. The van der Waals surface area contributed by atoms with E-state index in [1.54, 1.807) is 25.3 Å². The SMILES string of the molecule is COc1ccc(C(=O)NC(=S)N2CCCc3ccccc32)cc1I. The zero-order chi connectivity index (χ0) is 17.1. The number of hydrogen-bond donors (Lipinski definition) is 1. The number of aryl methyl sites for hydroxylation is 1. The first kappa shape index (κ1) is 17.2. The lowest BCUT2D eigenvalue weighted by atomic mass is 10.0. The van der Waals surface area contributed by atoms with Gasteiger partial charge in [-0.2, -0.15) is 0 Å². The first-order valence-corrected chi connectivity index (χ1v) is 9.13. The van der Waals surface area contributed by atoms with Gasteiger partial charge in [-0.3, -0.25) is 10.1 Å². The normalized spacial score (nSPS) is 13.2. The number of anilines is 1. The fourth-order valence-corrected chi connectivity index (χ4v) is 3.81. The van der Waals surface area contributed by atoms with Gasteiger partial charge in [0.25, 0.3) is 5.91 Å². The van der Waals surface area contributed by atoms with E-state index in [0.29, 0.717) is 10.7 Å². The molecule has 0 atom stereocenters. The lowest BCUT2D eigenvalue weighted by molar-refractivity contribution is 0.0977.